The topological polar surface area (TPSA) is 68.0 Å². The van der Waals surface area contributed by atoms with Gasteiger partial charge in [-0.15, -0.1) is 17.5 Å². The van der Waals surface area contributed by atoms with Crippen molar-refractivity contribution >= 4 is 18.4 Å². The molecule has 0 aliphatic rings. The van der Waals surface area contributed by atoms with Gasteiger partial charge in [0.2, 0.25) is 0 Å². The smallest absolute Gasteiger partial charge is 0.305 e. The first kappa shape index (κ1) is 9.90. The normalized spacial score (nSPS) is 8.73. The summed E-state index contributed by atoms with van der Waals surface area (Å²) < 4.78 is 1.48. The van der Waals surface area contributed by atoms with Crippen molar-refractivity contribution in [3.63, 3.8) is 0 Å². The van der Waals surface area contributed by atoms with E-state index < -0.39 is 5.97 Å². The first-order chi connectivity index (χ1) is 4.79. The van der Waals surface area contributed by atoms with E-state index in [1.54, 1.807) is 6.20 Å². The monoisotopic (exact) mass is 177 g/mol. The summed E-state index contributed by atoms with van der Waals surface area (Å²) in [6.07, 6.45) is 3.23. The van der Waals surface area contributed by atoms with Crippen molar-refractivity contribution in [2.75, 3.05) is 0 Å². The molecule has 0 bridgehead atoms. The second-order valence-electron chi connectivity index (χ2n) is 1.81. The number of carboxylic acids is 1. The summed E-state index contributed by atoms with van der Waals surface area (Å²) in [7, 11) is 0. The summed E-state index contributed by atoms with van der Waals surface area (Å²) in [5, 5.41) is 15.4. The number of aryl methyl sites for hydroxylation is 1. The third-order valence-electron chi connectivity index (χ3n) is 1.03. The molecule has 0 aliphatic carbocycles. The summed E-state index contributed by atoms with van der Waals surface area (Å²) >= 11 is 0. The summed E-state index contributed by atoms with van der Waals surface area (Å²) in [6, 6.07) is 0. The maximum Gasteiger partial charge on any atom is 0.305 e. The van der Waals surface area contributed by atoms with Crippen LogP contribution in [0, 0.1) is 0 Å². The zero-order valence-electron chi connectivity index (χ0n) is 5.67. The van der Waals surface area contributed by atoms with Crippen LogP contribution in [0.4, 0.5) is 0 Å². The molecule has 5 nitrogen and oxygen atoms in total. The molecule has 0 aliphatic heterocycles. The minimum atomic E-state index is -0.824. The molecule has 1 heterocycles. The molecule has 1 aromatic rings. The van der Waals surface area contributed by atoms with Crippen LogP contribution in [0.1, 0.15) is 6.42 Å². The number of rotatable bonds is 3. The van der Waals surface area contributed by atoms with Gasteiger partial charge >= 0.3 is 5.97 Å². The van der Waals surface area contributed by atoms with Crippen molar-refractivity contribution in [1.82, 2.24) is 15.0 Å². The largest absolute Gasteiger partial charge is 0.481 e. The van der Waals surface area contributed by atoms with Crippen molar-refractivity contribution in [1.29, 1.82) is 0 Å². The van der Waals surface area contributed by atoms with Gasteiger partial charge in [0.1, 0.15) is 0 Å². The number of halogens is 1. The highest BCUT2D eigenvalue weighted by Crippen LogP contribution is 1.85. The van der Waals surface area contributed by atoms with Gasteiger partial charge in [-0.25, -0.2) is 0 Å². The number of carbonyl (C=O) groups is 1. The molecule has 0 saturated carbocycles. The Hall–Kier alpha value is -1.10. The summed E-state index contributed by atoms with van der Waals surface area (Å²) in [4.78, 5) is 10.0. The van der Waals surface area contributed by atoms with E-state index in [1.807, 2.05) is 0 Å². The summed E-state index contributed by atoms with van der Waals surface area (Å²) in [6.45, 7) is 0.384. The molecule has 11 heavy (non-hydrogen) atoms. The average molecular weight is 178 g/mol. The van der Waals surface area contributed by atoms with E-state index in [4.69, 9.17) is 5.11 Å². The second kappa shape index (κ2) is 4.68. The molecule has 0 fully saturated rings. The number of hydrogen-bond acceptors (Lipinski definition) is 3. The van der Waals surface area contributed by atoms with E-state index >= 15 is 0 Å². The van der Waals surface area contributed by atoms with E-state index in [0.717, 1.165) is 0 Å². The third kappa shape index (κ3) is 3.57. The van der Waals surface area contributed by atoms with E-state index in [1.165, 1.54) is 10.9 Å². The number of aliphatic carboxylic acids is 1. The quantitative estimate of drug-likeness (QED) is 0.715. The Morgan fingerprint density at radius 1 is 1.64 bits per heavy atom. The molecule has 1 aromatic heterocycles. The fourth-order valence-electron chi connectivity index (χ4n) is 0.562. The molecule has 0 spiro atoms. The van der Waals surface area contributed by atoms with Gasteiger partial charge in [-0.1, -0.05) is 5.21 Å². The van der Waals surface area contributed by atoms with E-state index in [0.29, 0.717) is 6.54 Å². The van der Waals surface area contributed by atoms with Gasteiger partial charge in [0, 0.05) is 6.20 Å². The Morgan fingerprint density at radius 2 is 2.36 bits per heavy atom. The summed E-state index contributed by atoms with van der Waals surface area (Å²) in [5.74, 6) is -0.824. The van der Waals surface area contributed by atoms with Crippen molar-refractivity contribution in [3.05, 3.63) is 12.4 Å². The molecule has 0 amide bonds. The molecule has 1 N–H and O–H groups in total. The van der Waals surface area contributed by atoms with Crippen molar-refractivity contribution in [2.24, 2.45) is 0 Å². The van der Waals surface area contributed by atoms with E-state index in [9.17, 15) is 4.79 Å². The lowest BCUT2D eigenvalue weighted by molar-refractivity contribution is -0.137. The van der Waals surface area contributed by atoms with Gasteiger partial charge in [0.25, 0.3) is 0 Å². The lowest BCUT2D eigenvalue weighted by Crippen LogP contribution is -2.04. The summed E-state index contributed by atoms with van der Waals surface area (Å²) in [5.41, 5.74) is 0. The highest BCUT2D eigenvalue weighted by atomic mass is 35.5. The SMILES string of the molecule is Cl.O=C(O)CCn1ccnn1. The molecule has 0 saturated heterocycles. The van der Waals surface area contributed by atoms with Crippen molar-refractivity contribution < 1.29 is 9.90 Å². The Morgan fingerprint density at radius 3 is 2.82 bits per heavy atom. The predicted molar refractivity (Wildman–Crippen MR) is 39.5 cm³/mol. The molecule has 0 radical (unpaired) electrons. The number of hydrogen-bond donors (Lipinski definition) is 1. The van der Waals surface area contributed by atoms with Crippen molar-refractivity contribution in [2.45, 2.75) is 13.0 Å². The zero-order valence-corrected chi connectivity index (χ0v) is 6.49. The standard InChI is InChI=1S/C5H7N3O2.ClH/c9-5(10)1-3-8-4-2-6-7-8;/h2,4H,1,3H2,(H,9,10);1H. The fraction of sp³-hybridized carbons (Fsp3) is 0.400. The molecule has 0 aromatic carbocycles. The highest BCUT2D eigenvalue weighted by molar-refractivity contribution is 5.85. The predicted octanol–water partition coefficient (Wildman–Crippen LogP) is 0.175. The minimum Gasteiger partial charge on any atom is -0.481 e. The van der Waals surface area contributed by atoms with Crippen LogP contribution in [-0.2, 0) is 11.3 Å². The maximum absolute atomic E-state index is 10.0. The maximum atomic E-state index is 10.0. The Kier molecular flexibility index (Phi) is 4.21. The van der Waals surface area contributed by atoms with Crippen LogP contribution in [0.15, 0.2) is 12.4 Å². The van der Waals surface area contributed by atoms with Crippen LogP contribution >= 0.6 is 12.4 Å². The molecule has 1 rings (SSSR count). The zero-order chi connectivity index (χ0) is 7.40. The van der Waals surface area contributed by atoms with Gasteiger partial charge in [-0.2, -0.15) is 0 Å². The lowest BCUT2D eigenvalue weighted by atomic mass is 10.4. The lowest BCUT2D eigenvalue weighted by Gasteiger charge is -1.93. The number of carboxylic acid groups (broad SMARTS) is 1. The molecule has 6 heteroatoms. The van der Waals surface area contributed by atoms with Gasteiger partial charge in [-0.05, 0) is 0 Å². The van der Waals surface area contributed by atoms with E-state index in [-0.39, 0.29) is 18.8 Å². The van der Waals surface area contributed by atoms with Crippen LogP contribution in [-0.4, -0.2) is 26.1 Å². The van der Waals surface area contributed by atoms with Crippen LogP contribution in [0.5, 0.6) is 0 Å². The van der Waals surface area contributed by atoms with Crippen LogP contribution in [0.2, 0.25) is 0 Å². The Labute approximate surface area is 69.4 Å². The first-order valence-corrected chi connectivity index (χ1v) is 2.85. The molecule has 0 atom stereocenters. The van der Waals surface area contributed by atoms with Crippen LogP contribution in [0.25, 0.3) is 0 Å². The fourth-order valence-corrected chi connectivity index (χ4v) is 0.562. The van der Waals surface area contributed by atoms with Crippen LogP contribution < -0.4 is 0 Å². The molecule has 62 valence electrons. The van der Waals surface area contributed by atoms with E-state index in [2.05, 4.69) is 10.3 Å². The van der Waals surface area contributed by atoms with Crippen molar-refractivity contribution in [3.8, 4) is 0 Å². The van der Waals surface area contributed by atoms with Gasteiger partial charge in [0.15, 0.2) is 0 Å². The first-order valence-electron chi connectivity index (χ1n) is 2.85. The average Bonchev–Trinajstić information content (AvgIpc) is 2.34. The Balaban J connectivity index is 0.000001000. The highest BCUT2D eigenvalue weighted by Gasteiger charge is 1.96. The van der Waals surface area contributed by atoms with Gasteiger partial charge in [0.05, 0.1) is 19.2 Å². The minimum absolute atomic E-state index is 0. The second-order valence-corrected chi connectivity index (χ2v) is 1.81. The number of nitrogens with zero attached hydrogens (tertiary/aromatic N) is 3. The van der Waals surface area contributed by atoms with Gasteiger partial charge in [-0.3, -0.25) is 9.48 Å². The Bertz CT molecular complexity index is 212. The third-order valence-corrected chi connectivity index (χ3v) is 1.03. The number of aromatic nitrogens is 3. The molecule has 0 unspecified atom stereocenters. The van der Waals surface area contributed by atoms with Crippen LogP contribution in [0.3, 0.4) is 0 Å². The van der Waals surface area contributed by atoms with Gasteiger partial charge < -0.3 is 5.11 Å². The molecular weight excluding hydrogens is 170 g/mol. The molecular formula is C5H8ClN3O2.